The minimum atomic E-state index is -0.00910. The number of piperidine rings is 1. The van der Waals surface area contributed by atoms with E-state index in [2.05, 4.69) is 21.7 Å². The molecular weight excluding hydrogens is 356 g/mol. The molecule has 2 N–H and O–H groups in total. The summed E-state index contributed by atoms with van der Waals surface area (Å²) < 4.78 is 5.15. The number of hydrogen-bond donors (Lipinski definition) is 2. The predicted molar refractivity (Wildman–Crippen MR) is 108 cm³/mol. The van der Waals surface area contributed by atoms with Gasteiger partial charge in [0.05, 0.1) is 12.8 Å². The van der Waals surface area contributed by atoms with Gasteiger partial charge in [0, 0.05) is 49.9 Å². The van der Waals surface area contributed by atoms with Crippen molar-refractivity contribution in [1.29, 1.82) is 0 Å². The number of aromatic nitrogens is 2. The molecule has 0 spiro atoms. The van der Waals surface area contributed by atoms with E-state index < -0.39 is 0 Å². The number of methoxy groups -OCH3 is 1. The Morgan fingerprint density at radius 2 is 2.21 bits per heavy atom. The van der Waals surface area contributed by atoms with E-state index in [0.717, 1.165) is 42.9 Å². The molecule has 7 heteroatoms. The first kappa shape index (κ1) is 18.8. The summed E-state index contributed by atoms with van der Waals surface area (Å²) in [4.78, 5) is 24.8. The largest absolute Gasteiger partial charge is 0.507 e. The van der Waals surface area contributed by atoms with Crippen LogP contribution in [0.5, 0.6) is 11.5 Å². The molecule has 0 radical (unpaired) electrons. The van der Waals surface area contributed by atoms with Gasteiger partial charge in [-0.25, -0.2) is 4.98 Å². The van der Waals surface area contributed by atoms with Crippen molar-refractivity contribution in [2.45, 2.75) is 39.3 Å². The van der Waals surface area contributed by atoms with Crippen LogP contribution < -0.4 is 15.2 Å². The molecule has 1 saturated heterocycles. The Morgan fingerprint density at radius 3 is 2.96 bits per heavy atom. The van der Waals surface area contributed by atoms with Gasteiger partial charge in [-0.1, -0.05) is 13.0 Å². The van der Waals surface area contributed by atoms with Crippen molar-refractivity contribution in [2.24, 2.45) is 5.92 Å². The highest BCUT2D eigenvalue weighted by molar-refractivity contribution is 5.40. The van der Waals surface area contributed by atoms with E-state index in [0.29, 0.717) is 37.1 Å². The summed E-state index contributed by atoms with van der Waals surface area (Å²) >= 11 is 0. The van der Waals surface area contributed by atoms with Crippen molar-refractivity contribution in [1.82, 2.24) is 14.9 Å². The number of ether oxygens (including phenoxy) is 1. The molecule has 0 saturated carbocycles. The molecular formula is C21H28N4O3. The maximum atomic E-state index is 12.6. The molecule has 0 bridgehead atoms. The third-order valence-electron chi connectivity index (χ3n) is 5.78. The van der Waals surface area contributed by atoms with Gasteiger partial charge >= 0.3 is 0 Å². The van der Waals surface area contributed by atoms with Gasteiger partial charge in [-0.05, 0) is 31.2 Å². The van der Waals surface area contributed by atoms with Crippen molar-refractivity contribution >= 4 is 5.95 Å². The Kier molecular flexibility index (Phi) is 5.26. The average molecular weight is 384 g/mol. The average Bonchev–Trinajstić information content (AvgIpc) is 2.69. The minimum Gasteiger partial charge on any atom is -0.507 e. The number of aromatic hydroxyl groups is 1. The monoisotopic (exact) mass is 384 g/mol. The summed E-state index contributed by atoms with van der Waals surface area (Å²) in [5.41, 5.74) is 2.49. The Morgan fingerprint density at radius 1 is 1.36 bits per heavy atom. The topological polar surface area (TPSA) is 81.7 Å². The maximum Gasteiger partial charge on any atom is 0.255 e. The predicted octanol–water partition coefficient (Wildman–Crippen LogP) is 2.28. The van der Waals surface area contributed by atoms with Crippen LogP contribution in [-0.2, 0) is 19.5 Å². The number of fused-ring (bicyclic) bond motifs is 1. The highest BCUT2D eigenvalue weighted by Crippen LogP contribution is 2.27. The molecule has 1 aromatic carbocycles. The molecule has 7 nitrogen and oxygen atoms in total. The van der Waals surface area contributed by atoms with Crippen molar-refractivity contribution in [3.8, 4) is 11.5 Å². The zero-order chi connectivity index (χ0) is 19.7. The van der Waals surface area contributed by atoms with Crippen LogP contribution in [0.15, 0.2) is 23.0 Å². The second kappa shape index (κ2) is 7.83. The lowest BCUT2D eigenvalue weighted by Crippen LogP contribution is -2.39. The van der Waals surface area contributed by atoms with Crippen LogP contribution >= 0.6 is 0 Å². The van der Waals surface area contributed by atoms with E-state index in [1.54, 1.807) is 13.2 Å². The number of phenols is 1. The number of nitrogens with one attached hydrogen (secondary N) is 1. The number of H-pyrrole nitrogens is 1. The van der Waals surface area contributed by atoms with Gasteiger partial charge in [0.25, 0.3) is 5.56 Å². The first-order valence-corrected chi connectivity index (χ1v) is 9.98. The molecule has 0 amide bonds. The molecule has 4 rings (SSSR count). The van der Waals surface area contributed by atoms with Crippen molar-refractivity contribution in [3.05, 3.63) is 45.4 Å². The van der Waals surface area contributed by atoms with Crippen LogP contribution in [-0.4, -0.2) is 46.7 Å². The molecule has 28 heavy (non-hydrogen) atoms. The van der Waals surface area contributed by atoms with Gasteiger partial charge in [-0.2, -0.15) is 0 Å². The summed E-state index contributed by atoms with van der Waals surface area (Å²) in [6.07, 6.45) is 3.03. The molecule has 2 aliphatic heterocycles. The van der Waals surface area contributed by atoms with E-state index in [1.165, 1.54) is 6.42 Å². The third-order valence-corrected chi connectivity index (χ3v) is 5.78. The summed E-state index contributed by atoms with van der Waals surface area (Å²) in [7, 11) is 1.58. The zero-order valence-electron chi connectivity index (χ0n) is 16.6. The van der Waals surface area contributed by atoms with Gasteiger partial charge < -0.3 is 14.7 Å². The van der Waals surface area contributed by atoms with Crippen LogP contribution in [0.25, 0.3) is 0 Å². The number of nitrogens with zero attached hydrogens (tertiary/aromatic N) is 3. The van der Waals surface area contributed by atoms with Gasteiger partial charge in [0.15, 0.2) is 0 Å². The highest BCUT2D eigenvalue weighted by Gasteiger charge is 2.24. The molecule has 1 aromatic heterocycles. The number of phenolic OH excluding ortho intramolecular Hbond substituents is 1. The minimum absolute atomic E-state index is 0.00910. The van der Waals surface area contributed by atoms with E-state index in [1.807, 2.05) is 12.1 Å². The number of aromatic amines is 1. The summed E-state index contributed by atoms with van der Waals surface area (Å²) in [6, 6.07) is 5.37. The van der Waals surface area contributed by atoms with Gasteiger partial charge in [0.1, 0.15) is 11.5 Å². The van der Waals surface area contributed by atoms with Gasteiger partial charge in [-0.15, -0.1) is 0 Å². The maximum absolute atomic E-state index is 12.6. The lowest BCUT2D eigenvalue weighted by atomic mass is 10.0. The van der Waals surface area contributed by atoms with E-state index in [4.69, 9.17) is 9.72 Å². The molecule has 3 heterocycles. The Balaban J connectivity index is 1.53. The smallest absolute Gasteiger partial charge is 0.255 e. The molecule has 150 valence electrons. The SMILES string of the molecule is COc1ccc(CN2CCc3c(nc(N4CCC[C@@H](C)C4)[nH]c3=O)C2)c(O)c1. The van der Waals surface area contributed by atoms with Crippen molar-refractivity contribution in [3.63, 3.8) is 0 Å². The van der Waals surface area contributed by atoms with Gasteiger partial charge in [0.2, 0.25) is 5.95 Å². The highest BCUT2D eigenvalue weighted by atomic mass is 16.5. The van der Waals surface area contributed by atoms with Crippen molar-refractivity contribution < 1.29 is 9.84 Å². The third kappa shape index (κ3) is 3.85. The Bertz CT molecular complexity index is 911. The van der Waals surface area contributed by atoms with Crippen LogP contribution in [0.1, 0.15) is 36.6 Å². The van der Waals surface area contributed by atoms with E-state index in [-0.39, 0.29) is 11.3 Å². The van der Waals surface area contributed by atoms with E-state index >= 15 is 0 Å². The molecule has 2 aliphatic rings. The second-order valence-electron chi connectivity index (χ2n) is 7.96. The molecule has 2 aromatic rings. The van der Waals surface area contributed by atoms with Crippen LogP contribution in [0.4, 0.5) is 5.95 Å². The van der Waals surface area contributed by atoms with E-state index in [9.17, 15) is 9.90 Å². The lowest BCUT2D eigenvalue weighted by molar-refractivity contribution is 0.237. The fourth-order valence-electron chi connectivity index (χ4n) is 4.19. The quantitative estimate of drug-likeness (QED) is 0.842. The van der Waals surface area contributed by atoms with Crippen LogP contribution in [0.2, 0.25) is 0 Å². The Labute approximate surface area is 165 Å². The summed E-state index contributed by atoms with van der Waals surface area (Å²) in [6.45, 7) is 6.11. The normalized spacial score (nSPS) is 20.1. The lowest BCUT2D eigenvalue weighted by Gasteiger charge is -2.33. The number of hydrogen-bond acceptors (Lipinski definition) is 6. The first-order valence-electron chi connectivity index (χ1n) is 9.98. The number of rotatable bonds is 4. The first-order chi connectivity index (χ1) is 13.5. The summed E-state index contributed by atoms with van der Waals surface area (Å²) in [5.74, 6) is 2.18. The van der Waals surface area contributed by atoms with Gasteiger partial charge in [-0.3, -0.25) is 14.7 Å². The van der Waals surface area contributed by atoms with Crippen LogP contribution in [0.3, 0.4) is 0 Å². The molecule has 0 aliphatic carbocycles. The second-order valence-corrected chi connectivity index (χ2v) is 7.96. The number of benzene rings is 1. The van der Waals surface area contributed by atoms with Crippen LogP contribution in [0, 0.1) is 5.92 Å². The molecule has 1 atom stereocenters. The fourth-order valence-corrected chi connectivity index (χ4v) is 4.19. The molecule has 0 unspecified atom stereocenters. The zero-order valence-corrected chi connectivity index (χ0v) is 16.6. The fraction of sp³-hybridized carbons (Fsp3) is 0.524. The Hall–Kier alpha value is -2.54. The van der Waals surface area contributed by atoms with Crippen molar-refractivity contribution in [2.75, 3.05) is 31.6 Å². The summed E-state index contributed by atoms with van der Waals surface area (Å²) in [5, 5.41) is 10.2. The number of anilines is 1. The molecule has 1 fully saturated rings. The standard InChI is InChI=1S/C21H28N4O3/c1-14-4-3-8-25(11-14)21-22-18-13-24(9-7-17(18)20(27)23-21)12-15-5-6-16(28-2)10-19(15)26/h5-6,10,14,26H,3-4,7-9,11-13H2,1-2H3,(H,22,23,27)/t14-/m1/s1.